The number of benzene rings is 1. The van der Waals surface area contributed by atoms with Crippen LogP contribution in [0.25, 0.3) is 0 Å². The number of hydrogen-bond donors (Lipinski definition) is 2. The first-order valence-electron chi connectivity index (χ1n) is 14.4. The van der Waals surface area contributed by atoms with Gasteiger partial charge in [-0.1, -0.05) is 57.5 Å². The number of rotatable bonds is 19. The van der Waals surface area contributed by atoms with Crippen LogP contribution in [0, 0.1) is 18.8 Å². The van der Waals surface area contributed by atoms with Crippen molar-refractivity contribution in [2.45, 2.75) is 91.0 Å². The van der Waals surface area contributed by atoms with Gasteiger partial charge in [0.15, 0.2) is 5.78 Å². The van der Waals surface area contributed by atoms with Crippen molar-refractivity contribution in [3.8, 4) is 0 Å². The van der Waals surface area contributed by atoms with Crippen LogP contribution >= 0.6 is 0 Å². The van der Waals surface area contributed by atoms with Crippen LogP contribution in [0.2, 0.25) is 0 Å². The molecule has 3 N–H and O–H groups in total. The number of nitrogens with one attached hydrogen (secondary N) is 1. The number of nitrogens with two attached hydrogens (primary N) is 1. The standard InChI is InChI=1S/C32H45N3O5/c1-22(2)27(21-26(36)14-6-5-11-19-35-24(4)17-18-31(35)39)32(40)34-28(15-9-10-16-30(33)38)29(37)20-25-13-8-7-12-23(25)3/h7-8,12-13,17-18,22,27-28H,4-6,9-11,14-16,19-21H2,1-3H3,(H2,33,38)(H,34,40)/t27-,28-/m0/s1. The second-order valence-corrected chi connectivity index (χ2v) is 11.1. The summed E-state index contributed by atoms with van der Waals surface area (Å²) in [5.74, 6) is -1.44. The summed E-state index contributed by atoms with van der Waals surface area (Å²) >= 11 is 0. The molecule has 0 saturated carbocycles. The molecule has 1 aliphatic heterocycles. The Morgan fingerprint density at radius 2 is 1.68 bits per heavy atom. The van der Waals surface area contributed by atoms with Gasteiger partial charge in [0.05, 0.1) is 6.04 Å². The van der Waals surface area contributed by atoms with Gasteiger partial charge in [0.1, 0.15) is 5.78 Å². The van der Waals surface area contributed by atoms with E-state index in [-0.39, 0.29) is 48.6 Å². The zero-order chi connectivity index (χ0) is 29.7. The Hall–Kier alpha value is -3.55. The normalized spacial score (nSPS) is 14.4. The van der Waals surface area contributed by atoms with E-state index in [1.54, 1.807) is 11.0 Å². The van der Waals surface area contributed by atoms with Gasteiger partial charge in [0.2, 0.25) is 11.8 Å². The molecule has 0 saturated heterocycles. The lowest BCUT2D eigenvalue weighted by Crippen LogP contribution is -2.45. The summed E-state index contributed by atoms with van der Waals surface area (Å²) < 4.78 is 0. The fraction of sp³-hybridized carbons (Fsp3) is 0.531. The Kier molecular flexibility index (Phi) is 13.5. The van der Waals surface area contributed by atoms with Crippen molar-refractivity contribution < 1.29 is 24.0 Å². The van der Waals surface area contributed by atoms with E-state index >= 15 is 0 Å². The highest BCUT2D eigenvalue weighted by molar-refractivity contribution is 5.93. The van der Waals surface area contributed by atoms with Crippen LogP contribution in [0.3, 0.4) is 0 Å². The molecule has 1 aromatic carbocycles. The van der Waals surface area contributed by atoms with Gasteiger partial charge in [-0.25, -0.2) is 0 Å². The fourth-order valence-electron chi connectivity index (χ4n) is 4.85. The minimum Gasteiger partial charge on any atom is -0.370 e. The summed E-state index contributed by atoms with van der Waals surface area (Å²) in [5, 5.41) is 2.94. The van der Waals surface area contributed by atoms with Crippen LogP contribution < -0.4 is 11.1 Å². The van der Waals surface area contributed by atoms with E-state index < -0.39 is 17.9 Å². The van der Waals surface area contributed by atoms with Crippen LogP contribution in [0.15, 0.2) is 48.7 Å². The summed E-state index contributed by atoms with van der Waals surface area (Å²) in [4.78, 5) is 63.9. The van der Waals surface area contributed by atoms with Crippen LogP contribution in [0.5, 0.6) is 0 Å². The molecule has 218 valence electrons. The van der Waals surface area contributed by atoms with Gasteiger partial charge in [0, 0.05) is 49.9 Å². The van der Waals surface area contributed by atoms with Gasteiger partial charge in [-0.2, -0.15) is 0 Å². The molecule has 1 aromatic rings. The molecule has 0 spiro atoms. The smallest absolute Gasteiger partial charge is 0.251 e. The third-order valence-corrected chi connectivity index (χ3v) is 7.45. The molecule has 3 amide bonds. The van der Waals surface area contributed by atoms with Gasteiger partial charge in [-0.15, -0.1) is 0 Å². The molecular weight excluding hydrogens is 506 g/mol. The van der Waals surface area contributed by atoms with Crippen LogP contribution in [-0.2, 0) is 30.4 Å². The topological polar surface area (TPSA) is 127 Å². The van der Waals surface area contributed by atoms with E-state index in [4.69, 9.17) is 5.73 Å². The van der Waals surface area contributed by atoms with E-state index in [1.807, 2.05) is 45.0 Å². The zero-order valence-electron chi connectivity index (χ0n) is 24.2. The van der Waals surface area contributed by atoms with Crippen molar-refractivity contribution in [1.82, 2.24) is 10.2 Å². The number of unbranched alkanes of at least 4 members (excludes halogenated alkanes) is 3. The first-order chi connectivity index (χ1) is 19.0. The molecule has 1 aliphatic rings. The maximum atomic E-state index is 13.3. The Morgan fingerprint density at radius 1 is 0.975 bits per heavy atom. The molecule has 40 heavy (non-hydrogen) atoms. The molecule has 0 radical (unpaired) electrons. The van der Waals surface area contributed by atoms with Gasteiger partial charge < -0.3 is 16.0 Å². The first-order valence-corrected chi connectivity index (χ1v) is 14.4. The van der Waals surface area contributed by atoms with Gasteiger partial charge in [-0.3, -0.25) is 24.0 Å². The Morgan fingerprint density at radius 3 is 2.30 bits per heavy atom. The van der Waals surface area contributed by atoms with E-state index in [0.717, 1.165) is 24.0 Å². The molecule has 0 fully saturated rings. The minimum absolute atomic E-state index is 0.0152. The Bertz CT molecular complexity index is 1090. The highest BCUT2D eigenvalue weighted by atomic mass is 16.2. The number of Topliss-reactive ketones (excluding diaryl/α,β-unsaturated/α-hetero) is 2. The number of ketones is 2. The van der Waals surface area contributed by atoms with E-state index in [0.29, 0.717) is 44.3 Å². The summed E-state index contributed by atoms with van der Waals surface area (Å²) in [5.41, 5.74) is 7.86. The van der Waals surface area contributed by atoms with E-state index in [2.05, 4.69) is 11.9 Å². The summed E-state index contributed by atoms with van der Waals surface area (Å²) in [6.07, 6.45) is 7.90. The predicted octanol–water partition coefficient (Wildman–Crippen LogP) is 4.34. The molecule has 8 heteroatoms. The van der Waals surface area contributed by atoms with Crippen molar-refractivity contribution in [2.75, 3.05) is 6.54 Å². The Balaban J connectivity index is 1.91. The van der Waals surface area contributed by atoms with Crippen molar-refractivity contribution in [1.29, 1.82) is 0 Å². The van der Waals surface area contributed by atoms with Gasteiger partial charge in [-0.05, 0) is 55.7 Å². The molecule has 0 aromatic heterocycles. The number of nitrogens with zero attached hydrogens (tertiary/aromatic N) is 1. The van der Waals surface area contributed by atoms with Crippen molar-refractivity contribution >= 4 is 29.3 Å². The largest absolute Gasteiger partial charge is 0.370 e. The number of allylic oxidation sites excluding steroid dienone is 1. The van der Waals surface area contributed by atoms with Crippen molar-refractivity contribution in [3.05, 3.63) is 59.8 Å². The van der Waals surface area contributed by atoms with Crippen LogP contribution in [0.1, 0.15) is 82.8 Å². The SMILES string of the molecule is C=C1C=CC(=O)N1CCCCCC(=O)C[C@H](C(=O)N[C@@H](CCCCC(N)=O)C(=O)Cc1ccccc1C)C(C)C. The first kappa shape index (κ1) is 32.7. The lowest BCUT2D eigenvalue weighted by molar-refractivity contribution is -0.133. The molecule has 2 rings (SSSR count). The molecule has 0 unspecified atom stereocenters. The number of aryl methyl sites for hydroxylation is 1. The number of carbonyl (C=O) groups excluding carboxylic acids is 5. The predicted molar refractivity (Wildman–Crippen MR) is 156 cm³/mol. The Labute approximate surface area is 238 Å². The molecule has 1 heterocycles. The third kappa shape index (κ3) is 10.9. The summed E-state index contributed by atoms with van der Waals surface area (Å²) in [6, 6.07) is 6.96. The molecule has 8 nitrogen and oxygen atoms in total. The second-order valence-electron chi connectivity index (χ2n) is 11.1. The molecule has 0 aliphatic carbocycles. The van der Waals surface area contributed by atoms with Crippen molar-refractivity contribution in [2.24, 2.45) is 17.6 Å². The average Bonchev–Trinajstić information content (AvgIpc) is 3.21. The number of carbonyl (C=O) groups is 5. The highest BCUT2D eigenvalue weighted by Gasteiger charge is 2.29. The van der Waals surface area contributed by atoms with E-state index in [9.17, 15) is 24.0 Å². The molecule has 2 atom stereocenters. The second kappa shape index (κ2) is 16.5. The quantitative estimate of drug-likeness (QED) is 0.247. The zero-order valence-corrected chi connectivity index (χ0v) is 24.2. The third-order valence-electron chi connectivity index (χ3n) is 7.45. The maximum Gasteiger partial charge on any atom is 0.251 e. The summed E-state index contributed by atoms with van der Waals surface area (Å²) in [6.45, 7) is 10.2. The van der Waals surface area contributed by atoms with Gasteiger partial charge >= 0.3 is 0 Å². The molecular formula is C32H45N3O5. The summed E-state index contributed by atoms with van der Waals surface area (Å²) in [7, 11) is 0. The minimum atomic E-state index is -0.700. The average molecular weight is 552 g/mol. The molecule has 0 bridgehead atoms. The fourth-order valence-corrected chi connectivity index (χ4v) is 4.85. The van der Waals surface area contributed by atoms with Gasteiger partial charge in [0.25, 0.3) is 5.91 Å². The van der Waals surface area contributed by atoms with E-state index in [1.165, 1.54) is 6.08 Å². The highest BCUT2D eigenvalue weighted by Crippen LogP contribution is 2.20. The lowest BCUT2D eigenvalue weighted by Gasteiger charge is -2.24. The number of primary amides is 1. The van der Waals surface area contributed by atoms with Crippen LogP contribution in [0.4, 0.5) is 0 Å². The lowest BCUT2D eigenvalue weighted by atomic mass is 9.87. The number of hydrogen-bond acceptors (Lipinski definition) is 5. The van der Waals surface area contributed by atoms with Crippen LogP contribution in [-0.4, -0.2) is 46.8 Å². The monoisotopic (exact) mass is 551 g/mol. The number of amides is 3. The van der Waals surface area contributed by atoms with Crippen molar-refractivity contribution in [3.63, 3.8) is 0 Å². The maximum absolute atomic E-state index is 13.3.